The Hall–Kier alpha value is -1.70. The van der Waals surface area contributed by atoms with Crippen molar-refractivity contribution in [3.63, 3.8) is 0 Å². The molecule has 0 spiro atoms. The molecular weight excluding hydrogens is 787 g/mol. The average molecular weight is 886 g/mol. The first-order valence-corrected chi connectivity index (χ1v) is 25.8. The fourth-order valence-corrected chi connectivity index (χ4v) is 8.17. The van der Waals surface area contributed by atoms with Gasteiger partial charge in [-0.3, -0.25) is 19.4 Å². The van der Waals surface area contributed by atoms with Crippen LogP contribution >= 0.6 is 0 Å². The van der Waals surface area contributed by atoms with Gasteiger partial charge in [0.2, 0.25) is 0 Å². The van der Waals surface area contributed by atoms with Gasteiger partial charge in [0, 0.05) is 26.2 Å². The zero-order chi connectivity index (χ0) is 45.9. The average Bonchev–Trinajstić information content (AvgIpc) is 3.22. The molecule has 4 atom stereocenters. The third-order valence-corrected chi connectivity index (χ3v) is 12.0. The van der Waals surface area contributed by atoms with Crippen molar-refractivity contribution in [2.24, 2.45) is 5.18 Å². The van der Waals surface area contributed by atoms with Crippen LogP contribution in [-0.4, -0.2) is 125 Å². The number of carbonyl (C=O) groups excluding carboxylic acids is 2. The van der Waals surface area contributed by atoms with Crippen LogP contribution in [0.2, 0.25) is 0 Å². The fraction of sp³-hybridized carbons (Fsp3) is 0.960. The van der Waals surface area contributed by atoms with Crippen LogP contribution in [-0.2, 0) is 19.1 Å². The van der Waals surface area contributed by atoms with Gasteiger partial charge in [0.25, 0.3) is 0 Å². The molecule has 0 aromatic rings. The van der Waals surface area contributed by atoms with Crippen LogP contribution in [0.15, 0.2) is 5.18 Å². The van der Waals surface area contributed by atoms with Crippen LogP contribution in [0.1, 0.15) is 227 Å². The minimum absolute atomic E-state index is 0.0410. The normalized spacial score (nSPS) is 14.2. The lowest BCUT2D eigenvalue weighted by atomic mass is 9.98. The molecule has 0 aliphatic heterocycles. The lowest BCUT2D eigenvalue weighted by molar-refractivity contribution is -0.154. The number of aliphatic hydroxyl groups is 4. The van der Waals surface area contributed by atoms with Crippen molar-refractivity contribution >= 4 is 11.9 Å². The molecule has 0 amide bonds. The molecular formula is C50H99N3O9. The van der Waals surface area contributed by atoms with E-state index in [1.54, 1.807) is 0 Å². The summed E-state index contributed by atoms with van der Waals surface area (Å²) in [5.74, 6) is -1.09. The number of esters is 2. The number of nitrogens with zero attached hydrogens (tertiary/aromatic N) is 3. The first-order chi connectivity index (χ1) is 30.0. The highest BCUT2D eigenvalue weighted by molar-refractivity contribution is 5.74. The van der Waals surface area contributed by atoms with Crippen molar-refractivity contribution in [1.82, 2.24) is 9.80 Å². The van der Waals surface area contributed by atoms with E-state index in [0.717, 1.165) is 109 Å². The zero-order valence-corrected chi connectivity index (χ0v) is 40.7. The molecule has 0 aliphatic carbocycles. The molecule has 4 N–H and O–H groups in total. The Balaban J connectivity index is 4.36. The third-order valence-electron chi connectivity index (χ3n) is 12.0. The summed E-state index contributed by atoms with van der Waals surface area (Å²) in [6.45, 7) is 12.5. The monoisotopic (exact) mass is 886 g/mol. The van der Waals surface area contributed by atoms with Crippen molar-refractivity contribution in [1.29, 1.82) is 0 Å². The molecule has 12 nitrogen and oxygen atoms in total. The van der Waals surface area contributed by atoms with E-state index in [-0.39, 0.29) is 50.9 Å². The molecule has 0 saturated carbocycles. The van der Waals surface area contributed by atoms with E-state index in [4.69, 9.17) is 9.47 Å². The van der Waals surface area contributed by atoms with E-state index in [9.17, 15) is 34.9 Å². The maximum absolute atomic E-state index is 12.5. The van der Waals surface area contributed by atoms with Gasteiger partial charge in [0.15, 0.2) is 0 Å². The highest BCUT2D eigenvalue weighted by atomic mass is 16.5. The van der Waals surface area contributed by atoms with Crippen molar-refractivity contribution in [2.75, 3.05) is 59.1 Å². The highest BCUT2D eigenvalue weighted by Gasteiger charge is 2.29. The van der Waals surface area contributed by atoms with E-state index >= 15 is 0 Å². The number of carbonyl (C=O) groups is 2. The number of hydrogen-bond acceptors (Lipinski definition) is 12. The van der Waals surface area contributed by atoms with Gasteiger partial charge in [-0.25, -0.2) is 0 Å². The van der Waals surface area contributed by atoms with Gasteiger partial charge in [-0.2, -0.15) is 4.91 Å². The summed E-state index contributed by atoms with van der Waals surface area (Å²) < 4.78 is 10.7. The molecule has 0 aromatic carbocycles. The Labute approximate surface area is 380 Å². The second-order valence-corrected chi connectivity index (χ2v) is 18.6. The Morgan fingerprint density at radius 3 is 1.31 bits per heavy atom. The number of aliphatic hydroxyl groups excluding tert-OH is 3. The van der Waals surface area contributed by atoms with Gasteiger partial charge in [0.05, 0.1) is 50.5 Å². The molecule has 0 aromatic heterocycles. The lowest BCUT2D eigenvalue weighted by Gasteiger charge is -2.27. The first-order valence-electron chi connectivity index (χ1n) is 25.8. The van der Waals surface area contributed by atoms with Gasteiger partial charge >= 0.3 is 11.9 Å². The molecule has 368 valence electrons. The minimum atomic E-state index is -1.56. The number of rotatable bonds is 48. The van der Waals surface area contributed by atoms with Gasteiger partial charge in [-0.15, -0.1) is 0 Å². The number of nitroso groups, excluding NO2 is 1. The van der Waals surface area contributed by atoms with Crippen molar-refractivity contribution in [3.05, 3.63) is 4.91 Å². The second-order valence-electron chi connectivity index (χ2n) is 18.6. The molecule has 0 saturated heterocycles. The summed E-state index contributed by atoms with van der Waals surface area (Å²) in [7, 11) is 0. The third kappa shape index (κ3) is 39.9. The summed E-state index contributed by atoms with van der Waals surface area (Å²) in [5, 5.41) is 45.2. The molecule has 0 radical (unpaired) electrons. The van der Waals surface area contributed by atoms with Gasteiger partial charge in [0.1, 0.15) is 6.04 Å². The van der Waals surface area contributed by atoms with Crippen LogP contribution in [0.5, 0.6) is 0 Å². The standard InChI is InChI=1S/C50H99N3O9/c1-5-8-11-14-17-24-31-45(51-60)42-52(36-37-54)34-27-20-22-29-38-61-48(57)40-50(4,59)41-49(58)62-39-30-23-21-28-35-53(43-46(55)32-25-18-15-12-9-6-2)44-47(56)33-26-19-16-13-10-7-3/h45-47,54-56,59H,5-44H2,1-4H3. The van der Waals surface area contributed by atoms with Crippen LogP contribution in [0.3, 0.4) is 0 Å². The van der Waals surface area contributed by atoms with Gasteiger partial charge in [-0.1, -0.05) is 167 Å². The van der Waals surface area contributed by atoms with Crippen LogP contribution < -0.4 is 0 Å². The molecule has 0 heterocycles. The lowest BCUT2D eigenvalue weighted by Crippen LogP contribution is -2.38. The molecule has 0 fully saturated rings. The molecule has 4 unspecified atom stereocenters. The van der Waals surface area contributed by atoms with E-state index in [0.29, 0.717) is 39.0 Å². The van der Waals surface area contributed by atoms with Gasteiger partial charge < -0.3 is 29.9 Å². The molecule has 0 aliphatic rings. The summed E-state index contributed by atoms with van der Waals surface area (Å²) in [4.78, 5) is 40.7. The maximum Gasteiger partial charge on any atom is 0.308 e. The van der Waals surface area contributed by atoms with E-state index < -0.39 is 17.5 Å². The Morgan fingerprint density at radius 1 is 0.516 bits per heavy atom. The Kier molecular flexibility index (Phi) is 42.0. The summed E-state index contributed by atoms with van der Waals surface area (Å²) >= 11 is 0. The number of hydrogen-bond donors (Lipinski definition) is 4. The first kappa shape index (κ1) is 60.3. The largest absolute Gasteiger partial charge is 0.466 e. The van der Waals surface area contributed by atoms with Crippen molar-refractivity contribution in [2.45, 2.75) is 251 Å². The van der Waals surface area contributed by atoms with Crippen LogP contribution in [0, 0.1) is 4.91 Å². The van der Waals surface area contributed by atoms with Crippen molar-refractivity contribution < 1.29 is 39.5 Å². The summed E-state index contributed by atoms with van der Waals surface area (Å²) in [6.07, 6.45) is 29.3. The topological polar surface area (TPSA) is 169 Å². The summed E-state index contributed by atoms with van der Waals surface area (Å²) in [5.41, 5.74) is -1.56. The SMILES string of the molecule is CCCCCCCCC(O)CN(CCCCCCOC(=O)CC(C)(O)CC(=O)OCCCCCCN(CCO)CC(CCCCCCCC)N=O)CC(O)CCCCCCCC. The van der Waals surface area contributed by atoms with Gasteiger partial charge in [-0.05, 0) is 65.0 Å². The molecule has 12 heteroatoms. The molecule has 0 bridgehead atoms. The van der Waals surface area contributed by atoms with E-state index in [2.05, 4.69) is 35.7 Å². The predicted molar refractivity (Wildman–Crippen MR) is 254 cm³/mol. The maximum atomic E-state index is 12.5. The Morgan fingerprint density at radius 2 is 0.887 bits per heavy atom. The molecule has 62 heavy (non-hydrogen) atoms. The minimum Gasteiger partial charge on any atom is -0.466 e. The fourth-order valence-electron chi connectivity index (χ4n) is 8.17. The smallest absolute Gasteiger partial charge is 0.308 e. The van der Waals surface area contributed by atoms with E-state index in [1.807, 2.05) is 0 Å². The second kappa shape index (κ2) is 43.2. The zero-order valence-electron chi connectivity index (χ0n) is 40.7. The predicted octanol–water partition coefficient (Wildman–Crippen LogP) is 10.4. The summed E-state index contributed by atoms with van der Waals surface area (Å²) in [6, 6.07) is -0.248. The number of unbranched alkanes of at least 4 members (excludes halogenated alkanes) is 21. The Bertz CT molecular complexity index is 996. The quantitative estimate of drug-likeness (QED) is 0.0261. The number of ether oxygens (including phenoxy) is 2. The van der Waals surface area contributed by atoms with E-state index in [1.165, 1.54) is 84.0 Å². The molecule has 0 rings (SSSR count). The highest BCUT2D eigenvalue weighted by Crippen LogP contribution is 2.18. The van der Waals surface area contributed by atoms with Crippen molar-refractivity contribution in [3.8, 4) is 0 Å². The van der Waals surface area contributed by atoms with Crippen LogP contribution in [0.25, 0.3) is 0 Å². The van der Waals surface area contributed by atoms with Crippen LogP contribution in [0.4, 0.5) is 0 Å².